The Bertz CT molecular complexity index is 1000. The third kappa shape index (κ3) is 3.17. The summed E-state index contributed by atoms with van der Waals surface area (Å²) in [6, 6.07) is 5.44. The van der Waals surface area contributed by atoms with E-state index in [1.54, 1.807) is 4.57 Å². The normalized spacial score (nSPS) is 11.3. The van der Waals surface area contributed by atoms with Crippen molar-refractivity contribution in [2.45, 2.75) is 44.6 Å². The van der Waals surface area contributed by atoms with Crippen LogP contribution in [0.2, 0.25) is 0 Å². The van der Waals surface area contributed by atoms with E-state index in [-0.39, 0.29) is 11.3 Å². The van der Waals surface area contributed by atoms with Crippen LogP contribution in [-0.4, -0.2) is 14.8 Å². The molecule has 0 bridgehead atoms. The summed E-state index contributed by atoms with van der Waals surface area (Å²) >= 11 is 1.43. The van der Waals surface area contributed by atoms with E-state index in [1.807, 2.05) is 32.9 Å². The summed E-state index contributed by atoms with van der Waals surface area (Å²) in [5, 5.41) is 8.10. The first-order valence-electron chi connectivity index (χ1n) is 7.81. The van der Waals surface area contributed by atoms with Crippen LogP contribution in [0.4, 0.5) is 0 Å². The van der Waals surface area contributed by atoms with Crippen LogP contribution in [0.5, 0.6) is 0 Å². The Labute approximate surface area is 142 Å². The Kier molecular flexibility index (Phi) is 4.62. The highest BCUT2D eigenvalue weighted by molar-refractivity contribution is 7.98. The molecule has 0 fully saturated rings. The maximum Gasteiger partial charge on any atom is 0.343 e. The molecule has 0 aliphatic heterocycles. The van der Waals surface area contributed by atoms with Gasteiger partial charge in [0.05, 0.1) is 0 Å². The second-order valence-electron chi connectivity index (χ2n) is 5.77. The summed E-state index contributed by atoms with van der Waals surface area (Å²) in [5.74, 6) is 0.540. The third-order valence-electron chi connectivity index (χ3n) is 3.97. The van der Waals surface area contributed by atoms with Crippen LogP contribution in [0.25, 0.3) is 11.0 Å². The molecule has 126 valence electrons. The SMILES string of the molecule is CCCn1c(SCc2cc(=O)oc3cc(C)c(C)cc23)n[nH]c1=O. The Morgan fingerprint density at radius 3 is 2.71 bits per heavy atom. The molecule has 0 unspecified atom stereocenters. The quantitative estimate of drug-likeness (QED) is 0.568. The van der Waals surface area contributed by atoms with E-state index in [9.17, 15) is 9.59 Å². The highest BCUT2D eigenvalue weighted by Crippen LogP contribution is 2.26. The highest BCUT2D eigenvalue weighted by Gasteiger charge is 2.12. The van der Waals surface area contributed by atoms with Crippen molar-refractivity contribution in [2.75, 3.05) is 0 Å². The van der Waals surface area contributed by atoms with Crippen LogP contribution in [0.3, 0.4) is 0 Å². The first-order valence-corrected chi connectivity index (χ1v) is 8.80. The number of benzene rings is 1. The average Bonchev–Trinajstić information content (AvgIpc) is 2.88. The minimum atomic E-state index is -0.366. The topological polar surface area (TPSA) is 80.9 Å². The molecule has 0 saturated heterocycles. The smallest absolute Gasteiger partial charge is 0.343 e. The van der Waals surface area contributed by atoms with E-state index in [0.29, 0.717) is 23.0 Å². The van der Waals surface area contributed by atoms with Crippen molar-refractivity contribution in [2.24, 2.45) is 0 Å². The number of hydrogen-bond acceptors (Lipinski definition) is 5. The van der Waals surface area contributed by atoms with E-state index in [0.717, 1.165) is 28.5 Å². The van der Waals surface area contributed by atoms with Gasteiger partial charge in [-0.05, 0) is 49.1 Å². The molecule has 3 aromatic rings. The van der Waals surface area contributed by atoms with Gasteiger partial charge >= 0.3 is 11.3 Å². The largest absolute Gasteiger partial charge is 0.423 e. The van der Waals surface area contributed by atoms with Gasteiger partial charge in [-0.25, -0.2) is 14.7 Å². The monoisotopic (exact) mass is 345 g/mol. The minimum Gasteiger partial charge on any atom is -0.423 e. The summed E-state index contributed by atoms with van der Waals surface area (Å²) in [6.45, 7) is 6.65. The summed E-state index contributed by atoms with van der Waals surface area (Å²) in [4.78, 5) is 23.6. The van der Waals surface area contributed by atoms with Crippen LogP contribution < -0.4 is 11.3 Å². The molecule has 0 spiro atoms. The molecule has 0 saturated carbocycles. The fraction of sp³-hybridized carbons (Fsp3) is 0.353. The Morgan fingerprint density at radius 1 is 1.21 bits per heavy atom. The minimum absolute atomic E-state index is 0.205. The van der Waals surface area contributed by atoms with Gasteiger partial charge in [0.1, 0.15) is 5.58 Å². The lowest BCUT2D eigenvalue weighted by Crippen LogP contribution is -2.17. The Hall–Kier alpha value is -2.28. The van der Waals surface area contributed by atoms with Crippen LogP contribution in [-0.2, 0) is 12.3 Å². The van der Waals surface area contributed by atoms with Gasteiger partial charge in [0.25, 0.3) is 0 Å². The van der Waals surface area contributed by atoms with E-state index < -0.39 is 0 Å². The van der Waals surface area contributed by atoms with Gasteiger partial charge < -0.3 is 4.42 Å². The van der Waals surface area contributed by atoms with Crippen LogP contribution in [0.15, 0.2) is 37.4 Å². The molecule has 0 radical (unpaired) electrons. The number of nitrogens with zero attached hydrogens (tertiary/aromatic N) is 2. The molecule has 2 aromatic heterocycles. The number of thioether (sulfide) groups is 1. The molecule has 6 nitrogen and oxygen atoms in total. The molecule has 0 atom stereocenters. The number of H-pyrrole nitrogens is 1. The van der Waals surface area contributed by atoms with Gasteiger partial charge in [-0.1, -0.05) is 18.7 Å². The van der Waals surface area contributed by atoms with Crippen molar-refractivity contribution in [3.8, 4) is 0 Å². The molecule has 24 heavy (non-hydrogen) atoms. The fourth-order valence-corrected chi connectivity index (χ4v) is 3.54. The maximum absolute atomic E-state index is 11.8. The molecular formula is C17H19N3O3S. The summed E-state index contributed by atoms with van der Waals surface area (Å²) in [5.41, 5.74) is 3.13. The Morgan fingerprint density at radius 2 is 1.96 bits per heavy atom. The molecule has 7 heteroatoms. The molecule has 0 aliphatic carbocycles. The zero-order valence-corrected chi connectivity index (χ0v) is 14.7. The van der Waals surface area contributed by atoms with E-state index in [1.165, 1.54) is 17.8 Å². The fourth-order valence-electron chi connectivity index (χ4n) is 2.58. The molecule has 1 N–H and O–H groups in total. The third-order valence-corrected chi connectivity index (χ3v) is 5.00. The predicted octanol–water partition coefficient (Wildman–Crippen LogP) is 3.00. The summed E-state index contributed by atoms with van der Waals surface area (Å²) < 4.78 is 6.93. The lowest BCUT2D eigenvalue weighted by molar-refractivity contribution is 0.559. The lowest BCUT2D eigenvalue weighted by Gasteiger charge is -2.08. The Balaban J connectivity index is 1.97. The molecular weight excluding hydrogens is 326 g/mol. The van der Waals surface area contributed by atoms with Crippen LogP contribution in [0, 0.1) is 13.8 Å². The average molecular weight is 345 g/mol. The van der Waals surface area contributed by atoms with Gasteiger partial charge in [0, 0.05) is 23.8 Å². The number of fused-ring (bicyclic) bond motifs is 1. The number of nitrogens with one attached hydrogen (secondary N) is 1. The first kappa shape index (κ1) is 16.6. The van der Waals surface area contributed by atoms with Crippen LogP contribution in [0.1, 0.15) is 30.0 Å². The van der Waals surface area contributed by atoms with Crippen molar-refractivity contribution < 1.29 is 4.42 Å². The lowest BCUT2D eigenvalue weighted by atomic mass is 10.0. The maximum atomic E-state index is 11.8. The zero-order valence-electron chi connectivity index (χ0n) is 13.9. The second kappa shape index (κ2) is 6.68. The standard InChI is InChI=1S/C17H19N3O3S/c1-4-5-20-16(22)18-19-17(20)24-9-12-8-15(21)23-14-7-11(3)10(2)6-13(12)14/h6-8H,4-5,9H2,1-3H3,(H,18,22). The highest BCUT2D eigenvalue weighted by atomic mass is 32.2. The molecule has 0 aliphatic rings. The van der Waals surface area contributed by atoms with Gasteiger partial charge in [0.2, 0.25) is 0 Å². The number of aromatic amines is 1. The molecule has 3 rings (SSSR count). The van der Waals surface area contributed by atoms with Crippen LogP contribution >= 0.6 is 11.8 Å². The summed E-state index contributed by atoms with van der Waals surface area (Å²) in [7, 11) is 0. The summed E-state index contributed by atoms with van der Waals surface area (Å²) in [6.07, 6.45) is 0.851. The van der Waals surface area contributed by atoms with Crippen molar-refractivity contribution in [1.29, 1.82) is 0 Å². The van der Waals surface area contributed by atoms with Crippen molar-refractivity contribution in [1.82, 2.24) is 14.8 Å². The zero-order chi connectivity index (χ0) is 17.3. The van der Waals surface area contributed by atoms with Gasteiger partial charge in [-0.2, -0.15) is 0 Å². The van der Waals surface area contributed by atoms with E-state index in [2.05, 4.69) is 10.2 Å². The molecule has 2 heterocycles. The number of aromatic nitrogens is 3. The van der Waals surface area contributed by atoms with Crippen molar-refractivity contribution >= 4 is 22.7 Å². The van der Waals surface area contributed by atoms with Gasteiger partial charge in [-0.3, -0.25) is 4.57 Å². The van der Waals surface area contributed by atoms with Crippen molar-refractivity contribution in [3.05, 3.63) is 55.8 Å². The number of rotatable bonds is 5. The first-order chi connectivity index (χ1) is 11.5. The molecule has 1 aromatic carbocycles. The number of aryl methyl sites for hydroxylation is 2. The second-order valence-corrected chi connectivity index (χ2v) is 6.72. The van der Waals surface area contributed by atoms with Crippen molar-refractivity contribution in [3.63, 3.8) is 0 Å². The van der Waals surface area contributed by atoms with Gasteiger partial charge in [0.15, 0.2) is 5.16 Å². The number of hydrogen-bond donors (Lipinski definition) is 1. The van der Waals surface area contributed by atoms with E-state index in [4.69, 9.17) is 4.42 Å². The molecule has 0 amide bonds. The van der Waals surface area contributed by atoms with Gasteiger partial charge in [-0.15, -0.1) is 5.10 Å². The predicted molar refractivity (Wildman–Crippen MR) is 94.7 cm³/mol. The van der Waals surface area contributed by atoms with E-state index >= 15 is 0 Å².